The summed E-state index contributed by atoms with van der Waals surface area (Å²) >= 11 is 13.0. The van der Waals surface area contributed by atoms with Crippen LogP contribution in [-0.4, -0.2) is 42.2 Å². The van der Waals surface area contributed by atoms with Crippen molar-refractivity contribution in [2.75, 3.05) is 5.32 Å². The number of hydrogen-bond acceptors (Lipinski definition) is 7. The molecule has 12 heteroatoms. The zero-order valence-corrected chi connectivity index (χ0v) is 15.7. The highest BCUT2D eigenvalue weighted by Gasteiger charge is 2.15. The molecule has 2 aromatic heterocycles. The maximum atomic E-state index is 12.2. The van der Waals surface area contributed by atoms with Crippen LogP contribution < -0.4 is 5.32 Å². The molecule has 1 aromatic carbocycles. The molecular weight excluding hydrogens is 415 g/mol. The van der Waals surface area contributed by atoms with E-state index in [1.807, 2.05) is 0 Å². The minimum atomic E-state index is -1.04. The molecule has 0 bridgehead atoms. The number of carboxylic acids is 1. The number of anilines is 1. The smallest absolute Gasteiger partial charge is 0.325 e. The molecule has 27 heavy (non-hydrogen) atoms. The number of hydrogen-bond donors (Lipinski definition) is 2. The van der Waals surface area contributed by atoms with Crippen molar-refractivity contribution in [2.45, 2.75) is 6.54 Å². The van der Waals surface area contributed by atoms with Gasteiger partial charge in [0.15, 0.2) is 5.01 Å². The van der Waals surface area contributed by atoms with Gasteiger partial charge < -0.3 is 10.4 Å². The van der Waals surface area contributed by atoms with E-state index in [0.29, 0.717) is 21.4 Å². The van der Waals surface area contributed by atoms with Gasteiger partial charge in [0.1, 0.15) is 12.2 Å². The van der Waals surface area contributed by atoms with E-state index in [1.165, 1.54) is 12.3 Å². The molecule has 0 aliphatic carbocycles. The van der Waals surface area contributed by atoms with E-state index in [0.717, 1.165) is 16.0 Å². The van der Waals surface area contributed by atoms with Crippen LogP contribution in [0, 0.1) is 0 Å². The maximum absolute atomic E-state index is 12.2. The topological polar surface area (TPSA) is 123 Å². The fourth-order valence-electron chi connectivity index (χ4n) is 1.92. The average Bonchev–Trinajstić information content (AvgIpc) is 3.26. The Balaban J connectivity index is 1.70. The number of carbonyl (C=O) groups excluding carboxylic acids is 1. The molecule has 3 rings (SSSR count). The molecule has 2 heterocycles. The van der Waals surface area contributed by atoms with Gasteiger partial charge in [0.05, 0.1) is 11.2 Å². The van der Waals surface area contributed by atoms with Gasteiger partial charge in [-0.3, -0.25) is 9.59 Å². The Morgan fingerprint density at radius 3 is 2.59 bits per heavy atom. The van der Waals surface area contributed by atoms with Gasteiger partial charge in [-0.1, -0.05) is 39.8 Å². The van der Waals surface area contributed by atoms with Crippen LogP contribution in [0.25, 0.3) is 11.1 Å². The quantitative estimate of drug-likeness (QED) is 0.623. The summed E-state index contributed by atoms with van der Waals surface area (Å²) in [5, 5.41) is 27.8. The summed E-state index contributed by atoms with van der Waals surface area (Å²) < 4.78 is 1.16. The molecule has 2 N–H and O–H groups in total. The van der Waals surface area contributed by atoms with Crippen LogP contribution in [-0.2, 0) is 11.3 Å². The minimum absolute atomic E-state index is 0.126. The molecule has 9 nitrogen and oxygen atoms in total. The molecule has 0 radical (unpaired) electrons. The van der Waals surface area contributed by atoms with E-state index in [2.05, 4.69) is 25.8 Å². The molecule has 0 fully saturated rings. The Labute approximate surface area is 166 Å². The number of rotatable bonds is 6. The van der Waals surface area contributed by atoms with Crippen LogP contribution in [0.15, 0.2) is 30.5 Å². The highest BCUT2D eigenvalue weighted by molar-refractivity contribution is 7.15. The third-order valence-electron chi connectivity index (χ3n) is 3.05. The normalized spacial score (nSPS) is 11.4. The summed E-state index contributed by atoms with van der Waals surface area (Å²) in [7, 11) is 0. The van der Waals surface area contributed by atoms with Crippen LogP contribution in [0.3, 0.4) is 0 Å². The molecule has 0 aliphatic rings. The van der Waals surface area contributed by atoms with Crippen LogP contribution in [0.1, 0.15) is 20.5 Å². The third kappa shape index (κ3) is 5.09. The summed E-state index contributed by atoms with van der Waals surface area (Å²) in [6.07, 6.45) is 2.87. The van der Waals surface area contributed by atoms with Crippen molar-refractivity contribution in [3.05, 3.63) is 51.2 Å². The van der Waals surface area contributed by atoms with E-state index in [4.69, 9.17) is 28.3 Å². The fourth-order valence-corrected chi connectivity index (χ4v) is 2.95. The minimum Gasteiger partial charge on any atom is -0.480 e. The molecule has 0 unspecified atom stereocenters. The number of aromatic nitrogens is 5. The van der Waals surface area contributed by atoms with Crippen LogP contribution >= 0.6 is 34.5 Å². The van der Waals surface area contributed by atoms with Crippen molar-refractivity contribution >= 4 is 63.2 Å². The molecular formula is C15H10Cl2N6O3S. The van der Waals surface area contributed by atoms with Crippen molar-refractivity contribution in [1.82, 2.24) is 25.2 Å². The molecule has 0 saturated carbocycles. The number of amides is 1. The Kier molecular flexibility index (Phi) is 5.79. The van der Waals surface area contributed by atoms with E-state index in [-0.39, 0.29) is 16.6 Å². The largest absolute Gasteiger partial charge is 0.480 e. The van der Waals surface area contributed by atoms with Crippen molar-refractivity contribution in [1.29, 1.82) is 0 Å². The third-order valence-corrected chi connectivity index (χ3v) is 4.66. The summed E-state index contributed by atoms with van der Waals surface area (Å²) in [5.74, 6) is -1.47. The van der Waals surface area contributed by atoms with Crippen LogP contribution in [0.2, 0.25) is 5.02 Å². The first-order valence-electron chi connectivity index (χ1n) is 7.30. The number of carboxylic acid groups (broad SMARTS) is 1. The van der Waals surface area contributed by atoms with E-state index in [1.54, 1.807) is 24.3 Å². The predicted molar refractivity (Wildman–Crippen MR) is 101 cm³/mol. The zero-order chi connectivity index (χ0) is 19.4. The molecule has 3 aromatic rings. The number of carbonyl (C=O) groups is 2. The Bertz CT molecular complexity index is 1010. The van der Waals surface area contributed by atoms with Crippen molar-refractivity contribution in [2.24, 2.45) is 0 Å². The first kappa shape index (κ1) is 19.0. The molecule has 138 valence electrons. The SMILES string of the molecule is O=C(O)Cn1cc(/C=C(/Cl)c2nnc(C(=O)Nc3ccc(Cl)cc3)s2)nn1. The highest BCUT2D eigenvalue weighted by atomic mass is 35.5. The summed E-state index contributed by atoms with van der Waals surface area (Å²) in [6, 6.07) is 6.63. The van der Waals surface area contributed by atoms with Crippen molar-refractivity contribution in [3.63, 3.8) is 0 Å². The first-order valence-corrected chi connectivity index (χ1v) is 8.88. The van der Waals surface area contributed by atoms with Gasteiger partial charge in [-0.05, 0) is 30.3 Å². The molecule has 1 amide bonds. The van der Waals surface area contributed by atoms with Gasteiger partial charge in [-0.2, -0.15) is 0 Å². The van der Waals surface area contributed by atoms with Gasteiger partial charge >= 0.3 is 5.97 Å². The van der Waals surface area contributed by atoms with Crippen molar-refractivity contribution in [3.8, 4) is 0 Å². The molecule has 0 aliphatic heterocycles. The number of halogens is 2. The number of benzene rings is 1. The summed E-state index contributed by atoms with van der Waals surface area (Å²) in [6.45, 7) is -0.313. The van der Waals surface area contributed by atoms with Crippen LogP contribution in [0.4, 0.5) is 5.69 Å². The second kappa shape index (κ2) is 8.25. The second-order valence-corrected chi connectivity index (χ2v) is 6.92. The predicted octanol–water partition coefficient (Wildman–Crippen LogP) is 2.86. The standard InChI is InChI=1S/C15H10Cl2N6O3S/c16-8-1-3-9(4-2-8)18-13(26)15-21-20-14(27-15)11(17)5-10-6-23(22-19-10)7-12(24)25/h1-6H,7H2,(H,18,26)(H,24,25)/b11-5+. The lowest BCUT2D eigenvalue weighted by molar-refractivity contribution is -0.137. The first-order chi connectivity index (χ1) is 12.9. The lowest BCUT2D eigenvalue weighted by Crippen LogP contribution is -2.11. The average molecular weight is 425 g/mol. The monoisotopic (exact) mass is 424 g/mol. The zero-order valence-electron chi connectivity index (χ0n) is 13.3. The van der Waals surface area contributed by atoms with Gasteiger partial charge in [-0.15, -0.1) is 15.3 Å². The Morgan fingerprint density at radius 1 is 1.19 bits per heavy atom. The van der Waals surface area contributed by atoms with E-state index in [9.17, 15) is 9.59 Å². The number of aliphatic carboxylic acids is 1. The fraction of sp³-hybridized carbons (Fsp3) is 0.0667. The summed E-state index contributed by atoms with van der Waals surface area (Å²) in [4.78, 5) is 22.9. The lowest BCUT2D eigenvalue weighted by atomic mass is 10.3. The van der Waals surface area contributed by atoms with Crippen LogP contribution in [0.5, 0.6) is 0 Å². The molecule has 0 spiro atoms. The van der Waals surface area contributed by atoms with E-state index >= 15 is 0 Å². The molecule has 0 saturated heterocycles. The number of nitrogens with one attached hydrogen (secondary N) is 1. The Hall–Kier alpha value is -2.82. The van der Waals surface area contributed by atoms with E-state index < -0.39 is 11.9 Å². The highest BCUT2D eigenvalue weighted by Crippen LogP contribution is 2.25. The maximum Gasteiger partial charge on any atom is 0.325 e. The molecule has 0 atom stereocenters. The number of nitrogens with zero attached hydrogens (tertiary/aromatic N) is 5. The second-order valence-electron chi connectivity index (χ2n) is 5.10. The van der Waals surface area contributed by atoms with Gasteiger partial charge in [-0.25, -0.2) is 4.68 Å². The summed E-state index contributed by atoms with van der Waals surface area (Å²) in [5.41, 5.74) is 0.918. The van der Waals surface area contributed by atoms with Gasteiger partial charge in [0.2, 0.25) is 5.01 Å². The Morgan fingerprint density at radius 2 is 1.89 bits per heavy atom. The van der Waals surface area contributed by atoms with Crippen molar-refractivity contribution < 1.29 is 14.7 Å². The van der Waals surface area contributed by atoms with Gasteiger partial charge in [0, 0.05) is 10.7 Å². The van der Waals surface area contributed by atoms with Gasteiger partial charge in [0.25, 0.3) is 5.91 Å². The lowest BCUT2D eigenvalue weighted by Gasteiger charge is -2.01.